The van der Waals surface area contributed by atoms with Crippen LogP contribution in [-0.4, -0.2) is 38.0 Å². The highest BCUT2D eigenvalue weighted by Gasteiger charge is 2.14. The van der Waals surface area contributed by atoms with Gasteiger partial charge >= 0.3 is 0 Å². The molecule has 29 heavy (non-hydrogen) atoms. The van der Waals surface area contributed by atoms with Gasteiger partial charge in [-0.2, -0.15) is 0 Å². The number of carbonyl (C=O) groups is 1. The van der Waals surface area contributed by atoms with Crippen LogP contribution in [0.25, 0.3) is 0 Å². The Morgan fingerprint density at radius 3 is 2.76 bits per heavy atom. The summed E-state index contributed by atoms with van der Waals surface area (Å²) in [5.41, 5.74) is 1.82. The third kappa shape index (κ3) is 6.97. The van der Waals surface area contributed by atoms with E-state index in [1.54, 1.807) is 13.3 Å². The molecule has 0 atom stereocenters. The number of hydrogen-bond donors (Lipinski definition) is 3. The zero-order chi connectivity index (χ0) is 20.3. The molecule has 1 saturated carbocycles. The third-order valence-electron chi connectivity index (χ3n) is 5.28. The molecule has 3 N–H and O–H groups in total. The van der Waals surface area contributed by atoms with E-state index in [0.717, 1.165) is 36.7 Å². The summed E-state index contributed by atoms with van der Waals surface area (Å²) in [5.74, 6) is 1.77. The van der Waals surface area contributed by atoms with Gasteiger partial charge in [-0.05, 0) is 49.1 Å². The number of guanidine groups is 1. The smallest absolute Gasteiger partial charge is 0.251 e. The fourth-order valence-corrected chi connectivity index (χ4v) is 3.66. The van der Waals surface area contributed by atoms with E-state index >= 15 is 0 Å². The van der Waals surface area contributed by atoms with Gasteiger partial charge in [0.05, 0.1) is 6.26 Å². The number of carbonyl (C=O) groups excluding carboxylic acids is 1. The minimum Gasteiger partial charge on any atom is -0.469 e. The molecule has 0 unspecified atom stereocenters. The van der Waals surface area contributed by atoms with E-state index in [-0.39, 0.29) is 5.91 Å². The van der Waals surface area contributed by atoms with E-state index in [1.165, 1.54) is 32.1 Å². The number of hydrogen-bond acceptors (Lipinski definition) is 3. The monoisotopic (exact) mass is 396 g/mol. The maximum absolute atomic E-state index is 11.8. The van der Waals surface area contributed by atoms with E-state index in [2.05, 4.69) is 22.0 Å². The molecule has 1 amide bonds. The van der Waals surface area contributed by atoms with Crippen molar-refractivity contribution >= 4 is 11.9 Å². The van der Waals surface area contributed by atoms with Crippen molar-refractivity contribution in [2.24, 2.45) is 4.99 Å². The summed E-state index contributed by atoms with van der Waals surface area (Å²) in [6.07, 6.45) is 9.62. The van der Waals surface area contributed by atoms with Gasteiger partial charge in [0.2, 0.25) is 0 Å². The first-order valence-electron chi connectivity index (χ1n) is 10.6. The van der Waals surface area contributed by atoms with Crippen LogP contribution in [0.5, 0.6) is 0 Å². The van der Waals surface area contributed by atoms with Crippen molar-refractivity contribution in [1.82, 2.24) is 16.0 Å². The number of aliphatic imine (C=N–C) groups is 1. The highest BCUT2D eigenvalue weighted by molar-refractivity contribution is 5.94. The second kappa shape index (κ2) is 11.3. The first-order chi connectivity index (χ1) is 14.2. The van der Waals surface area contributed by atoms with Gasteiger partial charge in [0.25, 0.3) is 5.91 Å². The Kier molecular flexibility index (Phi) is 8.16. The highest BCUT2D eigenvalue weighted by atomic mass is 16.3. The molecule has 2 aromatic rings. The molecule has 1 aliphatic rings. The molecule has 1 heterocycles. The Balaban J connectivity index is 1.54. The lowest BCUT2D eigenvalue weighted by Gasteiger charge is -2.25. The van der Waals surface area contributed by atoms with Crippen LogP contribution in [0.2, 0.25) is 0 Å². The van der Waals surface area contributed by atoms with Gasteiger partial charge in [0.1, 0.15) is 5.76 Å². The molecule has 1 aromatic heterocycles. The second-order valence-electron chi connectivity index (χ2n) is 7.50. The lowest BCUT2D eigenvalue weighted by Crippen LogP contribution is -2.45. The molecule has 6 nitrogen and oxygen atoms in total. The molecule has 0 aliphatic heterocycles. The highest BCUT2D eigenvalue weighted by Crippen LogP contribution is 2.17. The Morgan fingerprint density at radius 1 is 1.14 bits per heavy atom. The van der Waals surface area contributed by atoms with E-state index in [4.69, 9.17) is 9.41 Å². The topological polar surface area (TPSA) is 78.7 Å². The van der Waals surface area contributed by atoms with Crippen molar-refractivity contribution < 1.29 is 9.21 Å². The quantitative estimate of drug-likeness (QED) is 0.473. The van der Waals surface area contributed by atoms with Crippen LogP contribution in [0.4, 0.5) is 0 Å². The van der Waals surface area contributed by atoms with Gasteiger partial charge in [0, 0.05) is 38.2 Å². The summed E-state index contributed by atoms with van der Waals surface area (Å²) in [4.78, 5) is 16.6. The predicted octanol–water partition coefficient (Wildman–Crippen LogP) is 3.29. The number of nitrogens with one attached hydrogen (secondary N) is 3. The SMILES string of the molecule is CNC(=O)c1cccc(CCNC(=NCCc2ccco2)NC2CCCCC2)c1. The molecule has 1 aliphatic carbocycles. The zero-order valence-electron chi connectivity index (χ0n) is 17.2. The molecule has 0 bridgehead atoms. The van der Waals surface area contributed by atoms with Crippen molar-refractivity contribution in [2.75, 3.05) is 20.1 Å². The van der Waals surface area contributed by atoms with E-state index < -0.39 is 0 Å². The average Bonchev–Trinajstić information content (AvgIpc) is 3.27. The number of rotatable bonds is 8. The van der Waals surface area contributed by atoms with E-state index in [9.17, 15) is 4.79 Å². The minimum absolute atomic E-state index is 0.0565. The lowest BCUT2D eigenvalue weighted by molar-refractivity contribution is 0.0963. The first-order valence-corrected chi connectivity index (χ1v) is 10.6. The van der Waals surface area contributed by atoms with E-state index in [0.29, 0.717) is 18.2 Å². The molecule has 156 valence electrons. The fourth-order valence-electron chi connectivity index (χ4n) is 3.66. The van der Waals surface area contributed by atoms with Gasteiger partial charge in [-0.1, -0.05) is 31.4 Å². The second-order valence-corrected chi connectivity index (χ2v) is 7.50. The summed E-state index contributed by atoms with van der Waals surface area (Å²) in [6, 6.07) is 12.2. The van der Waals surface area contributed by atoms with Crippen molar-refractivity contribution in [3.63, 3.8) is 0 Å². The van der Waals surface area contributed by atoms with Crippen LogP contribution in [-0.2, 0) is 12.8 Å². The summed E-state index contributed by atoms with van der Waals surface area (Å²) < 4.78 is 5.40. The Bertz CT molecular complexity index is 780. The standard InChI is InChI=1S/C23H32N4O2/c1-24-22(28)19-8-5-7-18(17-19)12-14-25-23(27-20-9-3-2-4-10-20)26-15-13-21-11-6-16-29-21/h5-8,11,16-17,20H,2-4,9-10,12-15H2,1H3,(H,24,28)(H2,25,26,27). The maximum atomic E-state index is 11.8. The molecule has 1 aromatic carbocycles. The molecule has 0 radical (unpaired) electrons. The normalized spacial score (nSPS) is 15.1. The van der Waals surface area contributed by atoms with Crippen molar-refractivity contribution in [2.45, 2.75) is 51.0 Å². The van der Waals surface area contributed by atoms with Crippen molar-refractivity contribution in [1.29, 1.82) is 0 Å². The number of nitrogens with zero attached hydrogens (tertiary/aromatic N) is 1. The van der Waals surface area contributed by atoms with Crippen LogP contribution < -0.4 is 16.0 Å². The largest absolute Gasteiger partial charge is 0.469 e. The van der Waals surface area contributed by atoms with E-state index in [1.807, 2.05) is 30.3 Å². The summed E-state index contributed by atoms with van der Waals surface area (Å²) >= 11 is 0. The lowest BCUT2D eigenvalue weighted by atomic mass is 9.96. The zero-order valence-corrected chi connectivity index (χ0v) is 17.2. The number of benzene rings is 1. The molecule has 0 saturated heterocycles. The Hall–Kier alpha value is -2.76. The summed E-state index contributed by atoms with van der Waals surface area (Å²) in [5, 5.41) is 9.74. The summed E-state index contributed by atoms with van der Waals surface area (Å²) in [7, 11) is 1.65. The molecule has 1 fully saturated rings. The predicted molar refractivity (Wildman–Crippen MR) is 116 cm³/mol. The summed E-state index contributed by atoms with van der Waals surface area (Å²) in [6.45, 7) is 1.44. The van der Waals surface area contributed by atoms with Crippen molar-refractivity contribution in [3.8, 4) is 0 Å². The minimum atomic E-state index is -0.0565. The Labute approximate surface area is 173 Å². The number of furan rings is 1. The van der Waals surface area contributed by atoms with Crippen LogP contribution in [0.15, 0.2) is 52.1 Å². The molecular weight excluding hydrogens is 364 g/mol. The van der Waals surface area contributed by atoms with Crippen molar-refractivity contribution in [3.05, 3.63) is 59.5 Å². The molecule has 3 rings (SSSR count). The Morgan fingerprint density at radius 2 is 2.00 bits per heavy atom. The van der Waals surface area contributed by atoms with Gasteiger partial charge in [-0.15, -0.1) is 0 Å². The third-order valence-corrected chi connectivity index (χ3v) is 5.28. The first kappa shape index (κ1) is 21.0. The van der Waals surface area contributed by atoms with Gasteiger partial charge in [0.15, 0.2) is 5.96 Å². The molecule has 0 spiro atoms. The number of amides is 1. The van der Waals surface area contributed by atoms with Gasteiger partial charge in [-0.3, -0.25) is 9.79 Å². The van der Waals surface area contributed by atoms with Crippen LogP contribution >= 0.6 is 0 Å². The van der Waals surface area contributed by atoms with Crippen LogP contribution in [0.1, 0.15) is 53.8 Å². The molecular formula is C23H32N4O2. The van der Waals surface area contributed by atoms with Gasteiger partial charge < -0.3 is 20.4 Å². The van der Waals surface area contributed by atoms with Crippen LogP contribution in [0, 0.1) is 0 Å². The molecule has 6 heteroatoms. The van der Waals surface area contributed by atoms with Crippen LogP contribution in [0.3, 0.4) is 0 Å². The maximum Gasteiger partial charge on any atom is 0.251 e. The fraction of sp³-hybridized carbons (Fsp3) is 0.478. The van der Waals surface area contributed by atoms with Gasteiger partial charge in [-0.25, -0.2) is 0 Å². The average molecular weight is 397 g/mol.